The van der Waals surface area contributed by atoms with E-state index >= 15 is 0 Å². The summed E-state index contributed by atoms with van der Waals surface area (Å²) in [5, 5.41) is 7.79. The summed E-state index contributed by atoms with van der Waals surface area (Å²) in [5.41, 5.74) is 1.31. The van der Waals surface area contributed by atoms with Gasteiger partial charge in [-0.05, 0) is 12.0 Å². The molecule has 1 N–H and O–H groups in total. The number of likely N-dealkylation sites (tertiary alicyclic amines) is 1. The molecule has 2 saturated heterocycles. The zero-order valence-corrected chi connectivity index (χ0v) is 18.9. The molecule has 1 atom stereocenters. The SMILES string of the molecule is CN=C(NCCN1CCN(C(C)=O)CC1)N1CCC(c2cnn(C)c2)C1.I. The van der Waals surface area contributed by atoms with Gasteiger partial charge < -0.3 is 15.1 Å². The number of halogens is 1. The van der Waals surface area contributed by atoms with Gasteiger partial charge in [-0.2, -0.15) is 5.10 Å². The van der Waals surface area contributed by atoms with Crippen LogP contribution >= 0.6 is 24.0 Å². The van der Waals surface area contributed by atoms with Gasteiger partial charge in [-0.3, -0.25) is 19.4 Å². The number of nitrogens with zero attached hydrogens (tertiary/aromatic N) is 6. The Hall–Kier alpha value is -1.36. The molecular weight excluding hydrogens is 457 g/mol. The first-order valence-corrected chi connectivity index (χ1v) is 9.49. The molecule has 1 aromatic rings. The number of hydrogen-bond donors (Lipinski definition) is 1. The van der Waals surface area contributed by atoms with Gasteiger partial charge >= 0.3 is 0 Å². The fourth-order valence-corrected chi connectivity index (χ4v) is 3.82. The second-order valence-electron chi connectivity index (χ2n) is 7.20. The third-order valence-electron chi connectivity index (χ3n) is 5.42. The molecule has 0 saturated carbocycles. The van der Waals surface area contributed by atoms with Crippen LogP contribution in [0.25, 0.3) is 0 Å². The molecule has 0 bridgehead atoms. The predicted octanol–water partition coefficient (Wildman–Crippen LogP) is 0.567. The largest absolute Gasteiger partial charge is 0.355 e. The number of aromatic nitrogens is 2. The maximum atomic E-state index is 11.4. The molecule has 0 spiro atoms. The Balaban J connectivity index is 0.00000261. The average molecular weight is 489 g/mol. The molecule has 27 heavy (non-hydrogen) atoms. The molecule has 3 heterocycles. The van der Waals surface area contributed by atoms with Gasteiger partial charge in [-0.25, -0.2) is 0 Å². The molecule has 152 valence electrons. The molecule has 3 rings (SSSR count). The van der Waals surface area contributed by atoms with Crippen molar-refractivity contribution in [1.82, 2.24) is 29.8 Å². The van der Waals surface area contributed by atoms with E-state index in [4.69, 9.17) is 0 Å². The highest BCUT2D eigenvalue weighted by Crippen LogP contribution is 2.26. The van der Waals surface area contributed by atoms with Crippen LogP contribution in [0.4, 0.5) is 0 Å². The van der Waals surface area contributed by atoms with Crippen LogP contribution in [-0.4, -0.2) is 95.8 Å². The van der Waals surface area contributed by atoms with Gasteiger partial charge in [0.05, 0.1) is 6.20 Å². The number of carbonyl (C=O) groups excluding carboxylic acids is 1. The van der Waals surface area contributed by atoms with Crippen LogP contribution in [-0.2, 0) is 11.8 Å². The molecule has 0 aromatic carbocycles. The van der Waals surface area contributed by atoms with Crippen LogP contribution in [0.15, 0.2) is 17.4 Å². The molecule has 2 fully saturated rings. The number of hydrogen-bond acceptors (Lipinski definition) is 4. The van der Waals surface area contributed by atoms with Gasteiger partial charge in [0.2, 0.25) is 5.91 Å². The van der Waals surface area contributed by atoms with Gasteiger partial charge in [-0.1, -0.05) is 0 Å². The highest BCUT2D eigenvalue weighted by atomic mass is 127. The third kappa shape index (κ3) is 5.81. The Morgan fingerprint density at radius 3 is 2.59 bits per heavy atom. The van der Waals surface area contributed by atoms with E-state index in [0.29, 0.717) is 5.92 Å². The van der Waals surface area contributed by atoms with E-state index < -0.39 is 0 Å². The van der Waals surface area contributed by atoms with Gasteiger partial charge in [-0.15, -0.1) is 24.0 Å². The summed E-state index contributed by atoms with van der Waals surface area (Å²) in [4.78, 5) is 22.5. The fourth-order valence-electron chi connectivity index (χ4n) is 3.82. The number of piperazine rings is 1. The summed E-state index contributed by atoms with van der Waals surface area (Å²) in [7, 11) is 3.82. The van der Waals surface area contributed by atoms with Crippen LogP contribution in [0, 0.1) is 0 Å². The lowest BCUT2D eigenvalue weighted by Crippen LogP contribution is -2.50. The second-order valence-corrected chi connectivity index (χ2v) is 7.20. The maximum Gasteiger partial charge on any atom is 0.219 e. The van der Waals surface area contributed by atoms with E-state index in [1.54, 1.807) is 6.92 Å². The van der Waals surface area contributed by atoms with E-state index in [9.17, 15) is 4.79 Å². The number of nitrogens with one attached hydrogen (secondary N) is 1. The molecule has 9 heteroatoms. The Morgan fingerprint density at radius 1 is 1.26 bits per heavy atom. The van der Waals surface area contributed by atoms with E-state index in [-0.39, 0.29) is 29.9 Å². The molecule has 1 unspecified atom stereocenters. The van der Waals surface area contributed by atoms with Crippen LogP contribution in [0.2, 0.25) is 0 Å². The number of aryl methyl sites for hydroxylation is 1. The standard InChI is InChI=1S/C18H31N7O.HI/c1-15(26)24-10-8-23(9-11-24)7-5-20-18(19-2)25-6-4-16(14-25)17-12-21-22(3)13-17;/h12-13,16H,4-11,14H2,1-3H3,(H,19,20);1H. The van der Waals surface area contributed by atoms with E-state index in [2.05, 4.69) is 31.4 Å². The van der Waals surface area contributed by atoms with Crippen molar-refractivity contribution in [3.05, 3.63) is 18.0 Å². The van der Waals surface area contributed by atoms with Crippen molar-refractivity contribution in [2.45, 2.75) is 19.3 Å². The van der Waals surface area contributed by atoms with Gasteiger partial charge in [0.15, 0.2) is 5.96 Å². The van der Waals surface area contributed by atoms with Gasteiger partial charge in [0, 0.05) is 85.5 Å². The molecule has 8 nitrogen and oxygen atoms in total. The summed E-state index contributed by atoms with van der Waals surface area (Å²) in [6, 6.07) is 0. The first-order valence-electron chi connectivity index (χ1n) is 9.49. The minimum atomic E-state index is 0. The first kappa shape index (κ1) is 21.9. The van der Waals surface area contributed by atoms with Crippen molar-refractivity contribution in [2.75, 3.05) is 59.4 Å². The average Bonchev–Trinajstić information content (AvgIpc) is 3.28. The highest BCUT2D eigenvalue weighted by molar-refractivity contribution is 14.0. The number of carbonyl (C=O) groups is 1. The minimum Gasteiger partial charge on any atom is -0.355 e. The Morgan fingerprint density at radius 2 is 2.00 bits per heavy atom. The van der Waals surface area contributed by atoms with Crippen molar-refractivity contribution < 1.29 is 4.79 Å². The van der Waals surface area contributed by atoms with Crippen molar-refractivity contribution in [3.8, 4) is 0 Å². The number of guanidine groups is 1. The molecule has 1 amide bonds. The third-order valence-corrected chi connectivity index (χ3v) is 5.42. The quantitative estimate of drug-likeness (QED) is 0.381. The molecule has 2 aliphatic heterocycles. The number of aliphatic imine (C=N–C) groups is 1. The normalized spacial score (nSPS) is 21.3. The zero-order valence-electron chi connectivity index (χ0n) is 16.6. The summed E-state index contributed by atoms with van der Waals surface area (Å²) < 4.78 is 1.87. The topological polar surface area (TPSA) is 69.0 Å². The van der Waals surface area contributed by atoms with Crippen LogP contribution in [0.5, 0.6) is 0 Å². The smallest absolute Gasteiger partial charge is 0.219 e. The highest BCUT2D eigenvalue weighted by Gasteiger charge is 2.27. The van der Waals surface area contributed by atoms with Crippen molar-refractivity contribution in [3.63, 3.8) is 0 Å². The Labute approximate surface area is 179 Å². The lowest BCUT2D eigenvalue weighted by molar-refractivity contribution is -0.130. The fraction of sp³-hybridized carbons (Fsp3) is 0.722. The van der Waals surface area contributed by atoms with Crippen molar-refractivity contribution in [2.24, 2.45) is 12.0 Å². The monoisotopic (exact) mass is 489 g/mol. The Kier molecular flexibility index (Phi) is 8.33. The molecular formula is C18H32IN7O. The van der Waals surface area contributed by atoms with Crippen molar-refractivity contribution in [1.29, 1.82) is 0 Å². The zero-order chi connectivity index (χ0) is 18.5. The summed E-state index contributed by atoms with van der Waals surface area (Å²) >= 11 is 0. The summed E-state index contributed by atoms with van der Waals surface area (Å²) in [5.74, 6) is 1.70. The lowest BCUT2D eigenvalue weighted by atomic mass is 10.0. The minimum absolute atomic E-state index is 0. The van der Waals surface area contributed by atoms with Gasteiger partial charge in [0.25, 0.3) is 0 Å². The van der Waals surface area contributed by atoms with Crippen LogP contribution in [0.3, 0.4) is 0 Å². The lowest BCUT2D eigenvalue weighted by Gasteiger charge is -2.34. The predicted molar refractivity (Wildman–Crippen MR) is 118 cm³/mol. The van der Waals surface area contributed by atoms with Crippen LogP contribution < -0.4 is 5.32 Å². The van der Waals surface area contributed by atoms with Gasteiger partial charge in [0.1, 0.15) is 0 Å². The summed E-state index contributed by atoms with van der Waals surface area (Å²) in [6.07, 6.45) is 5.23. The number of amides is 1. The molecule has 1 aromatic heterocycles. The first-order chi connectivity index (χ1) is 12.6. The maximum absolute atomic E-state index is 11.4. The van der Waals surface area contributed by atoms with Crippen molar-refractivity contribution >= 4 is 35.8 Å². The van der Waals surface area contributed by atoms with E-state index in [1.165, 1.54) is 5.56 Å². The van der Waals surface area contributed by atoms with E-state index in [0.717, 1.165) is 64.7 Å². The van der Waals surface area contributed by atoms with Crippen LogP contribution in [0.1, 0.15) is 24.8 Å². The molecule has 0 aliphatic carbocycles. The van der Waals surface area contributed by atoms with E-state index in [1.807, 2.05) is 29.9 Å². The Bertz CT molecular complexity index is 639. The number of rotatable bonds is 4. The summed E-state index contributed by atoms with van der Waals surface area (Å²) in [6.45, 7) is 9.09. The molecule has 0 radical (unpaired) electrons. The second kappa shape index (κ2) is 10.3. The molecule has 2 aliphatic rings.